The highest BCUT2D eigenvalue weighted by molar-refractivity contribution is 6.07. The molecular formula is C38H24N2O. The molecule has 0 amide bonds. The number of furan rings is 1. The van der Waals surface area contributed by atoms with Crippen molar-refractivity contribution in [3.8, 4) is 45.0 Å². The topological polar surface area (TPSA) is 38.9 Å². The molecule has 3 heterocycles. The molecule has 0 aliphatic carbocycles. The number of nitrogens with zero attached hydrogens (tertiary/aromatic N) is 2. The van der Waals surface area contributed by atoms with Crippen molar-refractivity contribution in [1.29, 1.82) is 0 Å². The van der Waals surface area contributed by atoms with E-state index in [1.807, 2.05) is 97.1 Å². The summed E-state index contributed by atoms with van der Waals surface area (Å²) in [5.74, 6) is 1.53. The van der Waals surface area contributed by atoms with E-state index in [9.17, 15) is 0 Å². The summed E-state index contributed by atoms with van der Waals surface area (Å²) in [5.41, 5.74) is 4.65. The first-order chi connectivity index (χ1) is 23.2. The van der Waals surface area contributed by atoms with Crippen LogP contribution >= 0.6 is 0 Å². The van der Waals surface area contributed by atoms with Crippen LogP contribution in [-0.4, -0.2) is 9.97 Å². The van der Waals surface area contributed by atoms with Crippen molar-refractivity contribution in [3.63, 3.8) is 0 Å². The van der Waals surface area contributed by atoms with Gasteiger partial charge in [-0.3, -0.25) is 4.98 Å². The van der Waals surface area contributed by atoms with Crippen molar-refractivity contribution < 1.29 is 14.0 Å². The average molecular weight is 532 g/mol. The Balaban J connectivity index is 1.30. The van der Waals surface area contributed by atoms with Crippen molar-refractivity contribution in [3.05, 3.63) is 146 Å². The highest BCUT2D eigenvalue weighted by atomic mass is 16.3. The smallest absolute Gasteiger partial charge is 0.134 e. The number of hydrogen-bond donors (Lipinski definition) is 0. The van der Waals surface area contributed by atoms with Gasteiger partial charge < -0.3 is 4.42 Å². The van der Waals surface area contributed by atoms with Crippen LogP contribution in [0.2, 0.25) is 0 Å². The van der Waals surface area contributed by atoms with E-state index in [0.717, 1.165) is 44.5 Å². The quantitative estimate of drug-likeness (QED) is 0.212. The molecule has 0 spiro atoms. The number of pyridine rings is 2. The summed E-state index contributed by atoms with van der Waals surface area (Å²) in [5, 5.41) is 1.57. The second-order valence-electron chi connectivity index (χ2n) is 9.70. The Morgan fingerprint density at radius 3 is 2.05 bits per heavy atom. The summed E-state index contributed by atoms with van der Waals surface area (Å²) in [7, 11) is 0. The Kier molecular flexibility index (Phi) is 4.02. The minimum Gasteiger partial charge on any atom is -0.456 e. The normalized spacial score (nSPS) is 13.8. The van der Waals surface area contributed by atoms with Crippen molar-refractivity contribution in [2.45, 2.75) is 0 Å². The van der Waals surface area contributed by atoms with E-state index in [2.05, 4.69) is 11.1 Å². The molecule has 0 fully saturated rings. The zero-order valence-electron chi connectivity index (χ0n) is 28.6. The first-order valence-electron chi connectivity index (χ1n) is 16.7. The van der Waals surface area contributed by atoms with E-state index < -0.39 is 18.3 Å². The molecule has 0 radical (unpaired) electrons. The Labute approximate surface area is 247 Å². The summed E-state index contributed by atoms with van der Waals surface area (Å²) in [6.07, 6.45) is -0.460. The van der Waals surface area contributed by atoms with Gasteiger partial charge in [-0.2, -0.15) is 0 Å². The van der Waals surface area contributed by atoms with Gasteiger partial charge >= 0.3 is 0 Å². The number of aromatic nitrogens is 2. The molecule has 3 heteroatoms. The van der Waals surface area contributed by atoms with Gasteiger partial charge in [0, 0.05) is 33.6 Å². The van der Waals surface area contributed by atoms with E-state index in [-0.39, 0.29) is 51.7 Å². The molecule has 8 rings (SSSR count). The molecule has 5 aromatic carbocycles. The Morgan fingerprint density at radius 2 is 1.20 bits per heavy atom. The van der Waals surface area contributed by atoms with E-state index >= 15 is 0 Å². The molecule has 8 aromatic rings. The molecule has 0 unspecified atom stereocenters. The standard InChI is InChI=1S/C38H24N2O/c1-2-8-25(9-3-1)35-21-22-36(41-35)29-11-6-10-28(24-29)30-18-19-33(32-14-5-4-13-31(30)32)34-20-17-27-16-15-26-12-7-23-39-37(26)38(27)40-34/h1-24H/i7D,12D,15D,16D,17D,20D,23D. The predicted molar refractivity (Wildman–Crippen MR) is 169 cm³/mol. The van der Waals surface area contributed by atoms with Crippen LogP contribution in [0.4, 0.5) is 0 Å². The highest BCUT2D eigenvalue weighted by Crippen LogP contribution is 2.38. The summed E-state index contributed by atoms with van der Waals surface area (Å²) in [4.78, 5) is 8.95. The molecule has 0 saturated carbocycles. The third-order valence-electron chi connectivity index (χ3n) is 7.25. The molecule has 0 aliphatic rings. The van der Waals surface area contributed by atoms with Gasteiger partial charge in [0.15, 0.2) is 0 Å². The van der Waals surface area contributed by atoms with Crippen LogP contribution in [0.5, 0.6) is 0 Å². The Morgan fingerprint density at radius 1 is 0.537 bits per heavy atom. The van der Waals surface area contributed by atoms with Crippen LogP contribution in [-0.2, 0) is 0 Å². The number of fused-ring (bicyclic) bond motifs is 4. The lowest BCUT2D eigenvalue weighted by atomic mass is 9.92. The lowest BCUT2D eigenvalue weighted by molar-refractivity contribution is 0.597. The van der Waals surface area contributed by atoms with Gasteiger partial charge in [-0.05, 0) is 52.2 Å². The number of hydrogen-bond acceptors (Lipinski definition) is 3. The fourth-order valence-electron chi connectivity index (χ4n) is 5.29. The predicted octanol–water partition coefficient (Wildman–Crippen LogP) is 10.2. The van der Waals surface area contributed by atoms with Crippen molar-refractivity contribution in [2.24, 2.45) is 0 Å². The highest BCUT2D eigenvalue weighted by Gasteiger charge is 2.13. The van der Waals surface area contributed by atoms with Crippen molar-refractivity contribution >= 4 is 32.6 Å². The van der Waals surface area contributed by atoms with Crippen molar-refractivity contribution in [1.82, 2.24) is 9.97 Å². The Bertz CT molecular complexity index is 2600. The van der Waals surface area contributed by atoms with Crippen LogP contribution in [0.1, 0.15) is 9.60 Å². The monoisotopic (exact) mass is 531 g/mol. The van der Waals surface area contributed by atoms with E-state index in [0.29, 0.717) is 5.56 Å². The van der Waals surface area contributed by atoms with Gasteiger partial charge in [0.05, 0.1) is 26.3 Å². The first-order valence-corrected chi connectivity index (χ1v) is 13.2. The number of rotatable bonds is 4. The van der Waals surface area contributed by atoms with Gasteiger partial charge in [0.2, 0.25) is 0 Å². The first kappa shape index (κ1) is 17.2. The molecule has 0 bridgehead atoms. The maximum absolute atomic E-state index is 8.96. The average Bonchev–Trinajstić information content (AvgIpc) is 3.61. The fourth-order valence-corrected chi connectivity index (χ4v) is 5.29. The van der Waals surface area contributed by atoms with Crippen LogP contribution in [0.15, 0.2) is 150 Å². The van der Waals surface area contributed by atoms with Crippen LogP contribution in [0.3, 0.4) is 0 Å². The largest absolute Gasteiger partial charge is 0.456 e. The van der Waals surface area contributed by atoms with E-state index in [1.165, 1.54) is 0 Å². The molecule has 41 heavy (non-hydrogen) atoms. The maximum atomic E-state index is 8.96. The molecule has 0 N–H and O–H groups in total. The fraction of sp³-hybridized carbons (Fsp3) is 0. The van der Waals surface area contributed by atoms with Gasteiger partial charge in [-0.25, -0.2) is 4.98 Å². The third kappa shape index (κ3) is 4.07. The van der Waals surface area contributed by atoms with Gasteiger partial charge in [-0.15, -0.1) is 0 Å². The van der Waals surface area contributed by atoms with Crippen molar-refractivity contribution in [2.75, 3.05) is 0 Å². The van der Waals surface area contributed by atoms with E-state index in [4.69, 9.17) is 19.0 Å². The second kappa shape index (κ2) is 9.58. The van der Waals surface area contributed by atoms with Crippen LogP contribution in [0, 0.1) is 0 Å². The minimum atomic E-state index is -0.460. The lowest BCUT2D eigenvalue weighted by Gasteiger charge is -2.13. The lowest BCUT2D eigenvalue weighted by Crippen LogP contribution is -1.91. The zero-order chi connectivity index (χ0) is 33.3. The summed E-state index contributed by atoms with van der Waals surface area (Å²) in [6, 6.07) is 31.4. The minimum absolute atomic E-state index is 0.00200. The zero-order valence-corrected chi connectivity index (χ0v) is 21.6. The molecule has 0 atom stereocenters. The molecule has 3 aromatic heterocycles. The summed E-state index contributed by atoms with van der Waals surface area (Å²) < 4.78 is 65.8. The van der Waals surface area contributed by atoms with E-state index in [1.54, 1.807) is 0 Å². The van der Waals surface area contributed by atoms with Gasteiger partial charge in [0.25, 0.3) is 0 Å². The third-order valence-corrected chi connectivity index (χ3v) is 7.25. The maximum Gasteiger partial charge on any atom is 0.134 e. The summed E-state index contributed by atoms with van der Waals surface area (Å²) >= 11 is 0. The summed E-state index contributed by atoms with van der Waals surface area (Å²) in [6.45, 7) is 0. The Hall–Kier alpha value is -5.54. The number of benzene rings is 5. The van der Waals surface area contributed by atoms with Crippen LogP contribution in [0.25, 0.3) is 77.6 Å². The second-order valence-corrected chi connectivity index (χ2v) is 9.70. The molecule has 0 aliphatic heterocycles. The molecule has 0 saturated heterocycles. The van der Waals surface area contributed by atoms with Gasteiger partial charge in [-0.1, -0.05) is 109 Å². The van der Waals surface area contributed by atoms with Crippen LogP contribution < -0.4 is 0 Å². The molecular weight excluding hydrogens is 500 g/mol. The molecule has 192 valence electrons. The molecule has 3 nitrogen and oxygen atoms in total. The SMILES string of the molecule is [2H]c1nc2c(c([2H])c1[2H])c([2H])c([2H])c1c([2H])c([2H])c(-c3ccc(-c4cccc(-c5ccc(-c6ccccc6)o5)c4)c4ccccc34)nc12. The van der Waals surface area contributed by atoms with Gasteiger partial charge in [0.1, 0.15) is 11.5 Å².